The van der Waals surface area contributed by atoms with E-state index in [2.05, 4.69) is 12.2 Å². The Morgan fingerprint density at radius 1 is 0.659 bits per heavy atom. The Kier molecular flexibility index (Phi) is 28.4. The van der Waals surface area contributed by atoms with Crippen molar-refractivity contribution in [1.29, 1.82) is 0 Å². The van der Waals surface area contributed by atoms with Crippen molar-refractivity contribution in [3.63, 3.8) is 0 Å². The fourth-order valence-electron chi connectivity index (χ4n) is 4.48. The summed E-state index contributed by atoms with van der Waals surface area (Å²) in [4.78, 5) is 33.0. The van der Waals surface area contributed by atoms with Crippen molar-refractivity contribution in [2.75, 3.05) is 26.4 Å². The molecule has 10 heteroatoms. The van der Waals surface area contributed by atoms with Gasteiger partial charge in [0.1, 0.15) is 12.7 Å². The second kappa shape index (κ2) is 29.1. The van der Waals surface area contributed by atoms with E-state index in [1.54, 1.807) is 0 Å². The molecule has 0 fully saturated rings. The summed E-state index contributed by atoms with van der Waals surface area (Å²) in [6, 6.07) is 0. The van der Waals surface area contributed by atoms with Gasteiger partial charge in [-0.3, -0.25) is 18.6 Å². The number of hydrogen-bond donors (Lipinski definition) is 3. The number of amides is 1. The largest absolute Gasteiger partial charge is 0.472 e. The zero-order chi connectivity index (χ0) is 30.4. The second-order valence-corrected chi connectivity index (χ2v) is 12.6. The Morgan fingerprint density at radius 2 is 1.12 bits per heavy atom. The first kappa shape index (κ1) is 40.0. The Bertz CT molecular complexity index is 664. The molecule has 0 aliphatic rings. The summed E-state index contributed by atoms with van der Waals surface area (Å²) < 4.78 is 26.3. The quantitative estimate of drug-likeness (QED) is 0.0414. The lowest BCUT2D eigenvalue weighted by atomic mass is 10.0. The molecule has 0 heterocycles. The van der Waals surface area contributed by atoms with Gasteiger partial charge in [0.25, 0.3) is 0 Å². The van der Waals surface area contributed by atoms with Crippen LogP contribution in [-0.4, -0.2) is 54.3 Å². The maximum absolute atomic E-state index is 11.9. The predicted molar refractivity (Wildman–Crippen MR) is 165 cm³/mol. The van der Waals surface area contributed by atoms with Gasteiger partial charge in [0.2, 0.25) is 5.91 Å². The Hall–Kier alpha value is -0.990. The van der Waals surface area contributed by atoms with Crippen LogP contribution < -0.4 is 5.32 Å². The fraction of sp³-hybridized carbons (Fsp3) is 0.935. The van der Waals surface area contributed by atoms with Crippen molar-refractivity contribution in [2.45, 2.75) is 161 Å². The van der Waals surface area contributed by atoms with E-state index in [0.29, 0.717) is 12.8 Å². The van der Waals surface area contributed by atoms with Gasteiger partial charge in [-0.15, -0.1) is 0 Å². The third-order valence-electron chi connectivity index (χ3n) is 7.04. The number of esters is 1. The van der Waals surface area contributed by atoms with E-state index in [9.17, 15) is 24.2 Å². The van der Waals surface area contributed by atoms with Crippen LogP contribution in [0.15, 0.2) is 0 Å². The van der Waals surface area contributed by atoms with Gasteiger partial charge in [-0.25, -0.2) is 4.57 Å². The molecule has 9 nitrogen and oxygen atoms in total. The molecule has 0 bridgehead atoms. The van der Waals surface area contributed by atoms with Crippen molar-refractivity contribution < 1.29 is 37.9 Å². The number of unbranched alkanes of at least 4 members (excludes halogenated alkanes) is 18. The molecule has 0 saturated carbocycles. The number of aliphatic hydroxyl groups is 1. The normalized spacial score (nSPS) is 13.6. The highest BCUT2D eigenvalue weighted by atomic mass is 31.2. The van der Waals surface area contributed by atoms with Gasteiger partial charge in [0, 0.05) is 19.4 Å². The van der Waals surface area contributed by atoms with Gasteiger partial charge < -0.3 is 20.1 Å². The number of carbonyl (C=O) groups excluding carboxylic acids is 2. The minimum atomic E-state index is -4.38. The summed E-state index contributed by atoms with van der Waals surface area (Å²) in [6.07, 6.45) is 24.4. The van der Waals surface area contributed by atoms with Gasteiger partial charge in [-0.05, 0) is 12.8 Å². The molecule has 2 unspecified atom stereocenters. The van der Waals surface area contributed by atoms with E-state index in [1.165, 1.54) is 96.3 Å². The van der Waals surface area contributed by atoms with Crippen LogP contribution >= 0.6 is 7.82 Å². The van der Waals surface area contributed by atoms with E-state index in [0.717, 1.165) is 25.7 Å². The molecule has 0 aliphatic carbocycles. The number of phosphoric acid groups is 1. The average molecular weight is 608 g/mol. The molecule has 41 heavy (non-hydrogen) atoms. The van der Waals surface area contributed by atoms with Crippen LogP contribution in [0.1, 0.15) is 155 Å². The first-order chi connectivity index (χ1) is 19.8. The highest BCUT2D eigenvalue weighted by molar-refractivity contribution is 7.47. The molecule has 0 saturated heterocycles. The minimum Gasteiger partial charge on any atom is -0.463 e. The minimum absolute atomic E-state index is 0.0867. The Morgan fingerprint density at radius 3 is 1.61 bits per heavy atom. The summed E-state index contributed by atoms with van der Waals surface area (Å²) in [7, 11) is -4.38. The van der Waals surface area contributed by atoms with Gasteiger partial charge in [-0.1, -0.05) is 129 Å². The van der Waals surface area contributed by atoms with E-state index < -0.39 is 26.5 Å². The Balaban J connectivity index is 3.49. The maximum Gasteiger partial charge on any atom is 0.472 e. The van der Waals surface area contributed by atoms with Crippen molar-refractivity contribution in [1.82, 2.24) is 5.32 Å². The number of hydrogen-bond acceptors (Lipinski definition) is 7. The van der Waals surface area contributed by atoms with Crippen molar-refractivity contribution in [2.24, 2.45) is 0 Å². The summed E-state index contributed by atoms with van der Waals surface area (Å²) in [5, 5.41) is 12.4. The molecule has 2 atom stereocenters. The monoisotopic (exact) mass is 607 g/mol. The smallest absolute Gasteiger partial charge is 0.463 e. The second-order valence-electron chi connectivity index (χ2n) is 11.1. The molecule has 244 valence electrons. The van der Waals surface area contributed by atoms with Crippen LogP contribution in [0.2, 0.25) is 0 Å². The maximum atomic E-state index is 11.9. The lowest BCUT2D eigenvalue weighted by molar-refractivity contribution is -0.147. The molecular formula is C31H62NO8P. The van der Waals surface area contributed by atoms with Crippen molar-refractivity contribution in [3.8, 4) is 0 Å². The highest BCUT2D eigenvalue weighted by Gasteiger charge is 2.23. The molecule has 0 spiro atoms. The first-order valence-electron chi connectivity index (χ1n) is 16.5. The van der Waals surface area contributed by atoms with Crippen LogP contribution in [0.5, 0.6) is 0 Å². The number of carbonyl (C=O) groups is 2. The van der Waals surface area contributed by atoms with Gasteiger partial charge in [0.05, 0.1) is 13.2 Å². The number of aliphatic hydroxyl groups excluding tert-OH is 1. The van der Waals surface area contributed by atoms with Crippen molar-refractivity contribution >= 4 is 19.7 Å². The third kappa shape index (κ3) is 30.3. The zero-order valence-corrected chi connectivity index (χ0v) is 27.1. The SMILES string of the molecule is CCCCCCCCCCCCCCCCCCCCC(=O)NCCOP(=O)(O)OCC(O)COC(=O)CCCC. The number of ether oxygens (including phenoxy) is 1. The molecule has 0 rings (SSSR count). The summed E-state index contributed by atoms with van der Waals surface area (Å²) in [5.74, 6) is -0.547. The number of nitrogens with one attached hydrogen (secondary N) is 1. The molecule has 1 amide bonds. The van der Waals surface area contributed by atoms with E-state index >= 15 is 0 Å². The third-order valence-corrected chi connectivity index (χ3v) is 8.02. The summed E-state index contributed by atoms with van der Waals surface area (Å²) >= 11 is 0. The molecule has 0 aromatic carbocycles. The van der Waals surface area contributed by atoms with Crippen LogP contribution in [0, 0.1) is 0 Å². The van der Waals surface area contributed by atoms with Crippen molar-refractivity contribution in [3.05, 3.63) is 0 Å². The number of phosphoric ester groups is 1. The molecule has 3 N–H and O–H groups in total. The fourth-order valence-corrected chi connectivity index (χ4v) is 5.23. The van der Waals surface area contributed by atoms with Gasteiger partial charge >= 0.3 is 13.8 Å². The van der Waals surface area contributed by atoms with E-state index in [4.69, 9.17) is 13.8 Å². The first-order valence-corrected chi connectivity index (χ1v) is 18.0. The predicted octanol–water partition coefficient (Wildman–Crippen LogP) is 7.76. The van der Waals surface area contributed by atoms with E-state index in [-0.39, 0.29) is 32.1 Å². The Labute approximate surface area is 250 Å². The molecular weight excluding hydrogens is 545 g/mol. The molecule has 0 aliphatic heterocycles. The van der Waals surface area contributed by atoms with Crippen LogP contribution in [0.3, 0.4) is 0 Å². The van der Waals surface area contributed by atoms with Gasteiger partial charge in [0.15, 0.2) is 0 Å². The lowest BCUT2D eigenvalue weighted by Crippen LogP contribution is -2.27. The average Bonchev–Trinajstić information content (AvgIpc) is 2.95. The van der Waals surface area contributed by atoms with Gasteiger partial charge in [-0.2, -0.15) is 0 Å². The molecule has 0 aromatic rings. The lowest BCUT2D eigenvalue weighted by Gasteiger charge is -2.15. The molecule has 0 aromatic heterocycles. The number of rotatable bonds is 31. The molecule has 0 radical (unpaired) electrons. The summed E-state index contributed by atoms with van der Waals surface area (Å²) in [5.41, 5.74) is 0. The zero-order valence-electron chi connectivity index (χ0n) is 26.3. The van der Waals surface area contributed by atoms with Crippen LogP contribution in [0.4, 0.5) is 0 Å². The van der Waals surface area contributed by atoms with Crippen LogP contribution in [-0.2, 0) is 27.9 Å². The summed E-state index contributed by atoms with van der Waals surface area (Å²) in [6.45, 7) is 3.27. The van der Waals surface area contributed by atoms with Crippen LogP contribution in [0.25, 0.3) is 0 Å². The topological polar surface area (TPSA) is 131 Å². The highest BCUT2D eigenvalue weighted by Crippen LogP contribution is 2.42. The van der Waals surface area contributed by atoms with E-state index in [1.807, 2.05) is 6.92 Å². The standard InChI is InChI=1S/C31H62NO8P/c1-3-5-7-8-9-10-11-12-13-14-15-16-17-18-19-20-21-22-23-30(34)32-25-26-39-41(36,37)40-28-29(33)27-38-31(35)24-6-4-2/h29,33H,3-28H2,1-2H3,(H,32,34)(H,36,37).